The van der Waals surface area contributed by atoms with Crippen molar-refractivity contribution >= 4 is 11.7 Å². The van der Waals surface area contributed by atoms with Gasteiger partial charge in [0.15, 0.2) is 5.84 Å². The number of hydrogen-bond donors (Lipinski definition) is 2. The lowest BCUT2D eigenvalue weighted by atomic mass is 9.86. The lowest BCUT2D eigenvalue weighted by molar-refractivity contribution is 0.0813. The second-order valence-electron chi connectivity index (χ2n) is 5.58. The number of likely N-dealkylation sites (N-methyl/N-ethyl adjacent to an activating group) is 1. The molecule has 1 amide bonds. The van der Waals surface area contributed by atoms with Crippen molar-refractivity contribution < 1.29 is 10.0 Å². The SMILES string of the molecule is CN(CC(N)=NO)C(=O)c1ccc(C(C)(C)C)cc1. The van der Waals surface area contributed by atoms with Crippen LogP contribution < -0.4 is 5.73 Å². The van der Waals surface area contributed by atoms with E-state index in [-0.39, 0.29) is 23.7 Å². The number of carbonyl (C=O) groups is 1. The summed E-state index contributed by atoms with van der Waals surface area (Å²) >= 11 is 0. The Morgan fingerprint density at radius 3 is 2.26 bits per heavy atom. The molecular formula is C14H21N3O2. The lowest BCUT2D eigenvalue weighted by Crippen LogP contribution is -2.35. The minimum Gasteiger partial charge on any atom is -0.409 e. The predicted octanol–water partition coefficient (Wildman–Crippen LogP) is 1.80. The number of nitrogens with zero attached hydrogens (tertiary/aromatic N) is 2. The molecule has 1 aromatic carbocycles. The molecule has 1 rings (SSSR count). The molecule has 1 aromatic rings. The van der Waals surface area contributed by atoms with Crippen LogP contribution in [0.2, 0.25) is 0 Å². The average molecular weight is 263 g/mol. The molecule has 3 N–H and O–H groups in total. The Bertz CT molecular complexity index is 472. The molecule has 0 aromatic heterocycles. The third kappa shape index (κ3) is 3.98. The summed E-state index contributed by atoms with van der Waals surface area (Å²) in [5.41, 5.74) is 7.19. The Kier molecular flexibility index (Phi) is 4.53. The molecule has 0 heterocycles. The molecule has 0 atom stereocenters. The van der Waals surface area contributed by atoms with Crippen LogP contribution in [-0.4, -0.2) is 35.4 Å². The number of benzene rings is 1. The highest BCUT2D eigenvalue weighted by molar-refractivity contribution is 5.96. The molecule has 104 valence electrons. The standard InChI is InChI=1S/C14H21N3O2/c1-14(2,3)11-7-5-10(6-8-11)13(18)17(4)9-12(15)16-19/h5-8,19H,9H2,1-4H3,(H2,15,16). The van der Waals surface area contributed by atoms with E-state index < -0.39 is 0 Å². The molecule has 0 saturated heterocycles. The van der Waals surface area contributed by atoms with E-state index in [2.05, 4.69) is 25.9 Å². The molecule has 5 heteroatoms. The summed E-state index contributed by atoms with van der Waals surface area (Å²) in [6.07, 6.45) is 0. The van der Waals surface area contributed by atoms with E-state index in [0.717, 1.165) is 0 Å². The van der Waals surface area contributed by atoms with Crippen molar-refractivity contribution in [2.24, 2.45) is 10.9 Å². The molecule has 0 fully saturated rings. The van der Waals surface area contributed by atoms with Crippen molar-refractivity contribution in [3.05, 3.63) is 35.4 Å². The molecule has 0 aliphatic rings. The topological polar surface area (TPSA) is 78.9 Å². The molecule has 5 nitrogen and oxygen atoms in total. The minimum atomic E-state index is -0.160. The van der Waals surface area contributed by atoms with Crippen LogP contribution in [0, 0.1) is 0 Å². The quantitative estimate of drug-likeness (QED) is 0.378. The van der Waals surface area contributed by atoms with Crippen molar-refractivity contribution in [3.8, 4) is 0 Å². The largest absolute Gasteiger partial charge is 0.409 e. The maximum absolute atomic E-state index is 12.1. The van der Waals surface area contributed by atoms with E-state index >= 15 is 0 Å². The Balaban J connectivity index is 2.84. The van der Waals surface area contributed by atoms with Gasteiger partial charge in [-0.1, -0.05) is 38.1 Å². The molecular weight excluding hydrogens is 242 g/mol. The number of hydrogen-bond acceptors (Lipinski definition) is 3. The summed E-state index contributed by atoms with van der Waals surface area (Å²) in [6.45, 7) is 6.45. The van der Waals surface area contributed by atoms with Gasteiger partial charge in [-0.25, -0.2) is 0 Å². The Morgan fingerprint density at radius 2 is 1.84 bits per heavy atom. The average Bonchev–Trinajstić information content (AvgIpc) is 2.36. The van der Waals surface area contributed by atoms with Crippen LogP contribution >= 0.6 is 0 Å². The van der Waals surface area contributed by atoms with Gasteiger partial charge >= 0.3 is 0 Å². The van der Waals surface area contributed by atoms with Crippen LogP contribution in [0.15, 0.2) is 29.4 Å². The van der Waals surface area contributed by atoms with Gasteiger partial charge in [-0.2, -0.15) is 0 Å². The molecule has 0 saturated carbocycles. The summed E-state index contributed by atoms with van der Waals surface area (Å²) in [4.78, 5) is 13.5. The summed E-state index contributed by atoms with van der Waals surface area (Å²) in [7, 11) is 1.61. The van der Waals surface area contributed by atoms with Crippen LogP contribution in [-0.2, 0) is 5.41 Å². The van der Waals surface area contributed by atoms with Gasteiger partial charge < -0.3 is 15.8 Å². The fourth-order valence-corrected chi connectivity index (χ4v) is 1.68. The van der Waals surface area contributed by atoms with Gasteiger partial charge in [0.05, 0.1) is 6.54 Å². The van der Waals surface area contributed by atoms with E-state index in [1.807, 2.05) is 12.1 Å². The van der Waals surface area contributed by atoms with Crippen molar-refractivity contribution in [1.82, 2.24) is 4.90 Å². The maximum atomic E-state index is 12.1. The summed E-state index contributed by atoms with van der Waals surface area (Å²) in [6, 6.07) is 7.49. The zero-order valence-corrected chi connectivity index (χ0v) is 11.8. The first-order chi connectivity index (χ1) is 8.75. The first-order valence-corrected chi connectivity index (χ1v) is 6.08. The second-order valence-corrected chi connectivity index (χ2v) is 5.58. The fourth-order valence-electron chi connectivity index (χ4n) is 1.68. The van der Waals surface area contributed by atoms with Gasteiger partial charge in [-0.05, 0) is 23.1 Å². The highest BCUT2D eigenvalue weighted by atomic mass is 16.4. The van der Waals surface area contributed by atoms with Crippen molar-refractivity contribution in [2.45, 2.75) is 26.2 Å². The predicted molar refractivity (Wildman–Crippen MR) is 75.5 cm³/mol. The lowest BCUT2D eigenvalue weighted by Gasteiger charge is -2.20. The van der Waals surface area contributed by atoms with E-state index in [9.17, 15) is 4.79 Å². The normalized spacial score (nSPS) is 12.3. The van der Waals surface area contributed by atoms with Gasteiger partial charge in [0.1, 0.15) is 0 Å². The van der Waals surface area contributed by atoms with Gasteiger partial charge in [-0.15, -0.1) is 0 Å². The molecule has 0 aliphatic carbocycles. The van der Waals surface area contributed by atoms with Gasteiger partial charge in [0, 0.05) is 12.6 Å². The Morgan fingerprint density at radius 1 is 1.32 bits per heavy atom. The highest BCUT2D eigenvalue weighted by Gasteiger charge is 2.16. The Hall–Kier alpha value is -2.04. The monoisotopic (exact) mass is 263 g/mol. The van der Waals surface area contributed by atoms with Gasteiger partial charge in [0.25, 0.3) is 5.91 Å². The van der Waals surface area contributed by atoms with Gasteiger partial charge in [-0.3, -0.25) is 4.79 Å². The zero-order valence-electron chi connectivity index (χ0n) is 11.8. The van der Waals surface area contributed by atoms with Crippen molar-refractivity contribution in [3.63, 3.8) is 0 Å². The summed E-state index contributed by atoms with van der Waals surface area (Å²) in [5.74, 6) is -0.158. The van der Waals surface area contributed by atoms with Crippen LogP contribution in [0.25, 0.3) is 0 Å². The molecule has 0 bridgehead atoms. The van der Waals surface area contributed by atoms with E-state index in [1.54, 1.807) is 19.2 Å². The molecule has 0 spiro atoms. The smallest absolute Gasteiger partial charge is 0.254 e. The first-order valence-electron chi connectivity index (χ1n) is 6.08. The summed E-state index contributed by atoms with van der Waals surface area (Å²) in [5, 5.41) is 11.3. The molecule has 0 aliphatic heterocycles. The third-order valence-electron chi connectivity index (χ3n) is 2.87. The minimum absolute atomic E-state index is 0.00200. The third-order valence-corrected chi connectivity index (χ3v) is 2.87. The van der Waals surface area contributed by atoms with Crippen LogP contribution in [0.3, 0.4) is 0 Å². The number of amidine groups is 1. The van der Waals surface area contributed by atoms with Crippen LogP contribution in [0.5, 0.6) is 0 Å². The number of carbonyl (C=O) groups excluding carboxylic acids is 1. The Labute approximate surface area is 113 Å². The molecule has 19 heavy (non-hydrogen) atoms. The zero-order chi connectivity index (χ0) is 14.6. The second kappa shape index (κ2) is 5.73. The van der Waals surface area contributed by atoms with E-state index in [0.29, 0.717) is 5.56 Å². The highest BCUT2D eigenvalue weighted by Crippen LogP contribution is 2.22. The first kappa shape index (κ1) is 15.0. The van der Waals surface area contributed by atoms with E-state index in [4.69, 9.17) is 10.9 Å². The van der Waals surface area contributed by atoms with Crippen LogP contribution in [0.1, 0.15) is 36.7 Å². The summed E-state index contributed by atoms with van der Waals surface area (Å²) < 4.78 is 0. The molecule has 0 unspecified atom stereocenters. The van der Waals surface area contributed by atoms with Crippen molar-refractivity contribution in [1.29, 1.82) is 0 Å². The fraction of sp³-hybridized carbons (Fsp3) is 0.429. The van der Waals surface area contributed by atoms with Crippen LogP contribution in [0.4, 0.5) is 0 Å². The van der Waals surface area contributed by atoms with Gasteiger partial charge in [0.2, 0.25) is 0 Å². The van der Waals surface area contributed by atoms with Crippen molar-refractivity contribution in [2.75, 3.05) is 13.6 Å². The van der Waals surface area contributed by atoms with E-state index in [1.165, 1.54) is 10.5 Å². The molecule has 0 radical (unpaired) electrons. The number of oxime groups is 1. The number of amides is 1. The number of nitrogens with two attached hydrogens (primary N) is 1. The number of rotatable bonds is 3. The maximum Gasteiger partial charge on any atom is 0.254 e.